The maximum Gasteiger partial charge on any atom is 0.243 e. The molecule has 0 radical (unpaired) electrons. The van der Waals surface area contributed by atoms with E-state index in [4.69, 9.17) is 5.73 Å². The number of nitrogens with two attached hydrogens (primary N) is 1. The molecule has 0 aliphatic heterocycles. The average Bonchev–Trinajstić information content (AvgIpc) is 2.44. The summed E-state index contributed by atoms with van der Waals surface area (Å²) in [6.45, 7) is 3.82. The molecule has 6 heteroatoms. The van der Waals surface area contributed by atoms with Crippen molar-refractivity contribution in [2.75, 3.05) is 6.54 Å². The molecule has 0 amide bonds. The second-order valence-corrected chi connectivity index (χ2v) is 7.58. The fraction of sp³-hybridized carbons (Fsp3) is 0.600. The first-order valence-electron chi connectivity index (χ1n) is 7.39. The van der Waals surface area contributed by atoms with Crippen LogP contribution in [0.25, 0.3) is 0 Å². The molecule has 118 valence electrons. The fourth-order valence-electron chi connectivity index (χ4n) is 2.88. The van der Waals surface area contributed by atoms with E-state index in [0.29, 0.717) is 12.1 Å². The van der Waals surface area contributed by atoms with Gasteiger partial charge in [-0.2, -0.15) is 4.31 Å². The lowest BCUT2D eigenvalue weighted by Gasteiger charge is -2.34. The molecule has 21 heavy (non-hydrogen) atoms. The number of hydrogen-bond donors (Lipinski definition) is 1. The molecule has 0 atom stereocenters. The van der Waals surface area contributed by atoms with Crippen LogP contribution in [-0.2, 0) is 10.0 Å². The highest BCUT2D eigenvalue weighted by molar-refractivity contribution is 7.89. The third-order valence-electron chi connectivity index (χ3n) is 4.21. The highest BCUT2D eigenvalue weighted by Gasteiger charge is 2.32. The smallest absolute Gasteiger partial charge is 0.243 e. The molecule has 1 aromatic carbocycles. The van der Waals surface area contributed by atoms with Crippen molar-refractivity contribution < 1.29 is 12.8 Å². The third-order valence-corrected chi connectivity index (χ3v) is 6.23. The minimum absolute atomic E-state index is 0.0299. The number of sulfonamides is 1. The van der Waals surface area contributed by atoms with E-state index >= 15 is 0 Å². The number of halogens is 1. The Hall–Kier alpha value is -0.980. The summed E-state index contributed by atoms with van der Waals surface area (Å²) >= 11 is 0. The molecule has 1 fully saturated rings. The molecule has 2 rings (SSSR count). The first-order valence-corrected chi connectivity index (χ1v) is 8.83. The first kappa shape index (κ1) is 16.4. The van der Waals surface area contributed by atoms with Gasteiger partial charge in [0.15, 0.2) is 0 Å². The molecule has 1 aliphatic rings. The molecule has 2 N–H and O–H groups in total. The second-order valence-electron chi connectivity index (χ2n) is 5.69. The summed E-state index contributed by atoms with van der Waals surface area (Å²) in [7, 11) is -3.65. The number of rotatable bonds is 4. The zero-order valence-electron chi connectivity index (χ0n) is 12.5. The Kier molecular flexibility index (Phi) is 5.01. The summed E-state index contributed by atoms with van der Waals surface area (Å²) in [5.74, 6) is -0.488. The van der Waals surface area contributed by atoms with Crippen LogP contribution in [0.2, 0.25) is 0 Å². The van der Waals surface area contributed by atoms with Crippen LogP contribution in [0, 0.1) is 12.7 Å². The van der Waals surface area contributed by atoms with Crippen molar-refractivity contribution >= 4 is 10.0 Å². The fourth-order valence-corrected chi connectivity index (χ4v) is 4.59. The van der Waals surface area contributed by atoms with Gasteiger partial charge in [-0.05, 0) is 50.3 Å². The Labute approximate surface area is 126 Å². The molecule has 0 saturated heterocycles. The van der Waals surface area contributed by atoms with E-state index in [9.17, 15) is 12.8 Å². The van der Waals surface area contributed by atoms with E-state index in [1.165, 1.54) is 16.4 Å². The SMILES string of the molecule is CCN(C1CCC(N)CC1)S(=O)(=O)c1ccc(C)c(F)c1. The number of hydrogen-bond acceptors (Lipinski definition) is 3. The number of nitrogens with zero attached hydrogens (tertiary/aromatic N) is 1. The topological polar surface area (TPSA) is 63.4 Å². The minimum atomic E-state index is -3.65. The van der Waals surface area contributed by atoms with E-state index in [-0.39, 0.29) is 17.0 Å². The zero-order chi connectivity index (χ0) is 15.6. The van der Waals surface area contributed by atoms with E-state index in [1.54, 1.807) is 6.92 Å². The van der Waals surface area contributed by atoms with Crippen LogP contribution in [0.4, 0.5) is 4.39 Å². The van der Waals surface area contributed by atoms with Crippen molar-refractivity contribution in [3.8, 4) is 0 Å². The molecular formula is C15H23FN2O2S. The summed E-state index contributed by atoms with van der Waals surface area (Å²) in [4.78, 5) is 0.0299. The van der Waals surface area contributed by atoms with Crippen molar-refractivity contribution in [3.05, 3.63) is 29.6 Å². The molecule has 0 aromatic heterocycles. The zero-order valence-corrected chi connectivity index (χ0v) is 13.4. The molecule has 1 saturated carbocycles. The van der Waals surface area contributed by atoms with Gasteiger partial charge in [-0.3, -0.25) is 0 Å². The Morgan fingerprint density at radius 2 is 1.90 bits per heavy atom. The van der Waals surface area contributed by atoms with E-state index in [0.717, 1.165) is 31.7 Å². The Bertz CT molecular complexity index is 596. The lowest BCUT2D eigenvalue weighted by molar-refractivity contribution is 0.247. The highest BCUT2D eigenvalue weighted by atomic mass is 32.2. The maximum absolute atomic E-state index is 13.7. The summed E-state index contributed by atoms with van der Waals surface area (Å²) in [5.41, 5.74) is 6.32. The van der Waals surface area contributed by atoms with Gasteiger partial charge in [-0.25, -0.2) is 12.8 Å². The van der Waals surface area contributed by atoms with Crippen LogP contribution in [0.5, 0.6) is 0 Å². The first-order chi connectivity index (χ1) is 9.86. The number of aryl methyl sites for hydroxylation is 1. The van der Waals surface area contributed by atoms with Crippen molar-refractivity contribution in [2.24, 2.45) is 5.73 Å². The lowest BCUT2D eigenvalue weighted by Crippen LogP contribution is -2.44. The molecule has 1 aromatic rings. The predicted octanol–water partition coefficient (Wildman–Crippen LogP) is 2.41. The van der Waals surface area contributed by atoms with Gasteiger partial charge in [0.2, 0.25) is 10.0 Å². The van der Waals surface area contributed by atoms with Crippen LogP contribution in [0.3, 0.4) is 0 Å². The minimum Gasteiger partial charge on any atom is -0.328 e. The quantitative estimate of drug-likeness (QED) is 0.928. The molecule has 0 heterocycles. The Morgan fingerprint density at radius 3 is 2.43 bits per heavy atom. The molecule has 4 nitrogen and oxygen atoms in total. The van der Waals surface area contributed by atoms with Crippen LogP contribution in [-0.4, -0.2) is 31.4 Å². The van der Waals surface area contributed by atoms with Crippen LogP contribution in [0.15, 0.2) is 23.1 Å². The largest absolute Gasteiger partial charge is 0.328 e. The van der Waals surface area contributed by atoms with Gasteiger partial charge in [-0.1, -0.05) is 13.0 Å². The highest BCUT2D eigenvalue weighted by Crippen LogP contribution is 2.27. The van der Waals surface area contributed by atoms with Crippen molar-refractivity contribution in [1.29, 1.82) is 0 Å². The van der Waals surface area contributed by atoms with Gasteiger partial charge in [0.1, 0.15) is 5.82 Å². The maximum atomic E-state index is 13.7. The van der Waals surface area contributed by atoms with Gasteiger partial charge >= 0.3 is 0 Å². The summed E-state index contributed by atoms with van der Waals surface area (Å²) in [5, 5.41) is 0. The van der Waals surface area contributed by atoms with Gasteiger partial charge in [-0.15, -0.1) is 0 Å². The Morgan fingerprint density at radius 1 is 1.29 bits per heavy atom. The van der Waals surface area contributed by atoms with E-state index in [1.807, 2.05) is 6.92 Å². The summed E-state index contributed by atoms with van der Waals surface area (Å²) in [6.07, 6.45) is 3.20. The number of benzene rings is 1. The van der Waals surface area contributed by atoms with Crippen molar-refractivity contribution in [2.45, 2.75) is 56.5 Å². The molecular weight excluding hydrogens is 291 g/mol. The Balaban J connectivity index is 2.29. The molecule has 0 spiro atoms. The summed E-state index contributed by atoms with van der Waals surface area (Å²) in [6, 6.07) is 4.23. The van der Waals surface area contributed by atoms with Crippen LogP contribution >= 0.6 is 0 Å². The molecule has 0 bridgehead atoms. The van der Waals surface area contributed by atoms with E-state index in [2.05, 4.69) is 0 Å². The third kappa shape index (κ3) is 3.44. The lowest BCUT2D eigenvalue weighted by atomic mass is 9.92. The van der Waals surface area contributed by atoms with Gasteiger partial charge in [0, 0.05) is 18.6 Å². The van der Waals surface area contributed by atoms with Gasteiger partial charge in [0.25, 0.3) is 0 Å². The van der Waals surface area contributed by atoms with Gasteiger partial charge in [0.05, 0.1) is 4.90 Å². The van der Waals surface area contributed by atoms with E-state index < -0.39 is 15.8 Å². The van der Waals surface area contributed by atoms with Crippen molar-refractivity contribution in [1.82, 2.24) is 4.31 Å². The standard InChI is InChI=1S/C15H23FN2O2S/c1-3-18(13-7-5-12(17)6-8-13)21(19,20)14-9-4-11(2)15(16)10-14/h4,9-10,12-13H,3,5-8,17H2,1-2H3. The molecule has 0 unspecified atom stereocenters. The van der Waals surface area contributed by atoms with Crippen LogP contribution in [0.1, 0.15) is 38.2 Å². The summed E-state index contributed by atoms with van der Waals surface area (Å²) < 4.78 is 40.6. The van der Waals surface area contributed by atoms with Crippen molar-refractivity contribution in [3.63, 3.8) is 0 Å². The average molecular weight is 314 g/mol. The van der Waals surface area contributed by atoms with Crippen LogP contribution < -0.4 is 5.73 Å². The monoisotopic (exact) mass is 314 g/mol. The second kappa shape index (κ2) is 6.42. The predicted molar refractivity (Wildman–Crippen MR) is 80.9 cm³/mol. The van der Waals surface area contributed by atoms with Gasteiger partial charge < -0.3 is 5.73 Å². The molecule has 1 aliphatic carbocycles. The normalized spacial score (nSPS) is 23.5.